The molecule has 0 saturated carbocycles. The van der Waals surface area contributed by atoms with E-state index in [1.54, 1.807) is 18.2 Å². The molecule has 25 heavy (non-hydrogen) atoms. The summed E-state index contributed by atoms with van der Waals surface area (Å²) in [5.41, 5.74) is 1.42. The van der Waals surface area contributed by atoms with Crippen molar-refractivity contribution in [3.05, 3.63) is 28.8 Å². The van der Waals surface area contributed by atoms with Crippen molar-refractivity contribution in [2.45, 2.75) is 45.4 Å². The van der Waals surface area contributed by atoms with E-state index in [0.29, 0.717) is 23.6 Å². The van der Waals surface area contributed by atoms with Crippen LogP contribution in [0.5, 0.6) is 0 Å². The van der Waals surface area contributed by atoms with Crippen molar-refractivity contribution < 1.29 is 13.2 Å². The Kier molecular flexibility index (Phi) is 7.14. The van der Waals surface area contributed by atoms with Crippen LogP contribution in [0.15, 0.2) is 18.2 Å². The second kappa shape index (κ2) is 8.90. The maximum absolute atomic E-state index is 12.4. The third-order valence-corrected chi connectivity index (χ3v) is 5.97. The van der Waals surface area contributed by atoms with E-state index in [0.717, 1.165) is 31.5 Å². The van der Waals surface area contributed by atoms with E-state index in [9.17, 15) is 13.2 Å². The van der Waals surface area contributed by atoms with Gasteiger partial charge in [0.05, 0.1) is 11.9 Å². The molecule has 1 saturated heterocycles. The molecule has 0 aliphatic carbocycles. The molecule has 1 fully saturated rings. The molecule has 7 heteroatoms. The quantitative estimate of drug-likeness (QED) is 0.750. The molecule has 140 valence electrons. The summed E-state index contributed by atoms with van der Waals surface area (Å²) in [5, 5.41) is 0.495. The average Bonchev–Trinajstić information content (AvgIpc) is 2.82. The number of hydrogen-bond donors (Lipinski definition) is 0. The number of nitrogens with zero attached hydrogens (tertiary/aromatic N) is 2. The molecule has 0 bridgehead atoms. The Hall–Kier alpha value is -1.27. The standard InChI is InChI=1S/C18H27ClN2O3S/c1-15-9-10-16(19)14-17(15)21(25(2,23)24)13-7-8-18(22)20-11-5-3-4-6-12-20/h9-10,14H,3-8,11-13H2,1-2H3. The Morgan fingerprint density at radius 3 is 2.44 bits per heavy atom. The van der Waals surface area contributed by atoms with E-state index >= 15 is 0 Å². The normalized spacial score (nSPS) is 15.7. The zero-order valence-corrected chi connectivity index (χ0v) is 16.6. The highest BCUT2D eigenvalue weighted by atomic mass is 35.5. The number of rotatable bonds is 6. The van der Waals surface area contributed by atoms with Crippen molar-refractivity contribution in [2.24, 2.45) is 0 Å². The third-order valence-electron chi connectivity index (χ3n) is 4.55. The van der Waals surface area contributed by atoms with Crippen LogP contribution in [0.2, 0.25) is 5.02 Å². The lowest BCUT2D eigenvalue weighted by Gasteiger charge is -2.25. The van der Waals surface area contributed by atoms with E-state index in [1.165, 1.54) is 23.4 Å². The van der Waals surface area contributed by atoms with Gasteiger partial charge in [0.2, 0.25) is 15.9 Å². The van der Waals surface area contributed by atoms with Gasteiger partial charge in [-0.2, -0.15) is 0 Å². The van der Waals surface area contributed by atoms with Gasteiger partial charge >= 0.3 is 0 Å². The molecule has 0 spiro atoms. The molecule has 0 unspecified atom stereocenters. The van der Waals surface area contributed by atoms with Crippen LogP contribution in [0.3, 0.4) is 0 Å². The van der Waals surface area contributed by atoms with E-state index in [2.05, 4.69) is 0 Å². The van der Waals surface area contributed by atoms with Gasteiger partial charge in [0, 0.05) is 31.1 Å². The van der Waals surface area contributed by atoms with Gasteiger partial charge in [-0.25, -0.2) is 8.42 Å². The minimum Gasteiger partial charge on any atom is -0.343 e. The van der Waals surface area contributed by atoms with Crippen molar-refractivity contribution in [1.82, 2.24) is 4.90 Å². The summed E-state index contributed by atoms with van der Waals surface area (Å²) in [6, 6.07) is 5.20. The molecule has 0 aromatic heterocycles. The fourth-order valence-electron chi connectivity index (χ4n) is 3.17. The third kappa shape index (κ3) is 5.89. The molecule has 1 aromatic carbocycles. The van der Waals surface area contributed by atoms with Crippen molar-refractivity contribution in [3.63, 3.8) is 0 Å². The minimum atomic E-state index is -3.44. The monoisotopic (exact) mass is 386 g/mol. The van der Waals surface area contributed by atoms with Gasteiger partial charge in [0.15, 0.2) is 0 Å². The molecule has 0 radical (unpaired) electrons. The van der Waals surface area contributed by atoms with E-state index in [4.69, 9.17) is 11.6 Å². The highest BCUT2D eigenvalue weighted by Gasteiger charge is 2.21. The molecule has 2 rings (SSSR count). The number of likely N-dealkylation sites (tertiary alicyclic amines) is 1. The minimum absolute atomic E-state index is 0.123. The SMILES string of the molecule is Cc1ccc(Cl)cc1N(CCCC(=O)N1CCCCCC1)S(C)(=O)=O. The van der Waals surface area contributed by atoms with Gasteiger partial charge in [-0.3, -0.25) is 9.10 Å². The summed E-state index contributed by atoms with van der Waals surface area (Å²) >= 11 is 6.03. The first kappa shape index (κ1) is 20.0. The van der Waals surface area contributed by atoms with E-state index in [-0.39, 0.29) is 12.5 Å². The first-order valence-electron chi connectivity index (χ1n) is 8.80. The molecule has 0 atom stereocenters. The number of anilines is 1. The molecular weight excluding hydrogens is 360 g/mol. The highest BCUT2D eigenvalue weighted by Crippen LogP contribution is 2.26. The number of amides is 1. The van der Waals surface area contributed by atoms with Crippen molar-refractivity contribution in [2.75, 3.05) is 30.2 Å². The average molecular weight is 387 g/mol. The Morgan fingerprint density at radius 1 is 1.20 bits per heavy atom. The predicted octanol–water partition coefficient (Wildman–Crippen LogP) is 3.60. The first-order chi connectivity index (χ1) is 11.8. The van der Waals surface area contributed by atoms with Crippen LogP contribution < -0.4 is 4.31 Å². The summed E-state index contributed by atoms with van der Waals surface area (Å²) in [4.78, 5) is 14.3. The van der Waals surface area contributed by atoms with Crippen LogP contribution in [0.1, 0.15) is 44.1 Å². The van der Waals surface area contributed by atoms with Crippen LogP contribution in [0.25, 0.3) is 0 Å². The lowest BCUT2D eigenvalue weighted by Crippen LogP contribution is -2.34. The van der Waals surface area contributed by atoms with Crippen molar-refractivity contribution in [1.29, 1.82) is 0 Å². The lowest BCUT2D eigenvalue weighted by molar-refractivity contribution is -0.131. The number of sulfonamides is 1. The zero-order valence-electron chi connectivity index (χ0n) is 15.0. The number of carbonyl (C=O) groups is 1. The largest absolute Gasteiger partial charge is 0.343 e. The topological polar surface area (TPSA) is 57.7 Å². The van der Waals surface area contributed by atoms with Crippen LogP contribution in [-0.2, 0) is 14.8 Å². The van der Waals surface area contributed by atoms with E-state index < -0.39 is 10.0 Å². The summed E-state index contributed by atoms with van der Waals surface area (Å²) in [6.45, 7) is 3.77. The van der Waals surface area contributed by atoms with Crippen LogP contribution in [0, 0.1) is 6.92 Å². The molecule has 1 aliphatic heterocycles. The Bertz CT molecular complexity index is 698. The molecule has 0 N–H and O–H groups in total. The Labute approximate surface area is 156 Å². The molecule has 1 heterocycles. The zero-order chi connectivity index (χ0) is 18.4. The summed E-state index contributed by atoms with van der Waals surface area (Å²) in [6.07, 6.45) is 6.52. The van der Waals surface area contributed by atoms with Crippen molar-refractivity contribution in [3.8, 4) is 0 Å². The number of hydrogen-bond acceptors (Lipinski definition) is 3. The predicted molar refractivity (Wildman–Crippen MR) is 103 cm³/mol. The molecule has 1 aliphatic rings. The van der Waals surface area contributed by atoms with E-state index in [1.807, 2.05) is 11.8 Å². The second-order valence-corrected chi connectivity index (χ2v) is 9.01. The highest BCUT2D eigenvalue weighted by molar-refractivity contribution is 7.92. The van der Waals surface area contributed by atoms with Crippen LogP contribution in [0.4, 0.5) is 5.69 Å². The molecule has 1 aromatic rings. The number of halogens is 1. The number of benzene rings is 1. The van der Waals surface area contributed by atoms with Gasteiger partial charge in [0.25, 0.3) is 0 Å². The molecule has 1 amide bonds. The summed E-state index contributed by atoms with van der Waals surface area (Å²) in [5.74, 6) is 0.123. The van der Waals surface area contributed by atoms with Gasteiger partial charge in [-0.15, -0.1) is 0 Å². The summed E-state index contributed by atoms with van der Waals surface area (Å²) in [7, 11) is -3.44. The lowest BCUT2D eigenvalue weighted by atomic mass is 10.2. The first-order valence-corrected chi connectivity index (χ1v) is 11.0. The number of carbonyl (C=O) groups excluding carboxylic acids is 1. The van der Waals surface area contributed by atoms with Crippen LogP contribution >= 0.6 is 11.6 Å². The van der Waals surface area contributed by atoms with Gasteiger partial charge in [-0.05, 0) is 43.9 Å². The maximum Gasteiger partial charge on any atom is 0.232 e. The summed E-state index contributed by atoms with van der Waals surface area (Å²) < 4.78 is 25.8. The van der Waals surface area contributed by atoms with Gasteiger partial charge < -0.3 is 4.90 Å². The second-order valence-electron chi connectivity index (χ2n) is 6.66. The molecular formula is C18H27ClN2O3S. The van der Waals surface area contributed by atoms with Crippen molar-refractivity contribution >= 4 is 33.2 Å². The maximum atomic E-state index is 12.4. The fraction of sp³-hybridized carbons (Fsp3) is 0.611. The van der Waals surface area contributed by atoms with Crippen LogP contribution in [-0.4, -0.2) is 45.1 Å². The number of aryl methyl sites for hydroxylation is 1. The Morgan fingerprint density at radius 2 is 1.84 bits per heavy atom. The Balaban J connectivity index is 2.01. The van der Waals surface area contributed by atoms with Gasteiger partial charge in [-0.1, -0.05) is 30.5 Å². The smallest absolute Gasteiger partial charge is 0.232 e. The fourth-order valence-corrected chi connectivity index (χ4v) is 4.35. The molecule has 5 nitrogen and oxygen atoms in total. The van der Waals surface area contributed by atoms with Gasteiger partial charge in [0.1, 0.15) is 0 Å².